The Hall–Kier alpha value is -1.11. The summed E-state index contributed by atoms with van der Waals surface area (Å²) in [5.41, 5.74) is 6.38. The van der Waals surface area contributed by atoms with Crippen LogP contribution < -0.4 is 15.2 Å². The minimum atomic E-state index is -3.53. The summed E-state index contributed by atoms with van der Waals surface area (Å²) in [6.07, 6.45) is 4.12. The second-order valence-electron chi connectivity index (χ2n) is 4.65. The molecule has 0 fully saturated rings. The van der Waals surface area contributed by atoms with Gasteiger partial charge in [0.25, 0.3) is 0 Å². The quantitative estimate of drug-likeness (QED) is 0.684. The number of rotatable bonds is 9. The van der Waals surface area contributed by atoms with E-state index in [1.165, 1.54) is 13.2 Å². The zero-order valence-corrected chi connectivity index (χ0v) is 13.0. The third kappa shape index (κ3) is 4.77. The van der Waals surface area contributed by atoms with E-state index in [0.717, 1.165) is 31.2 Å². The maximum absolute atomic E-state index is 12.2. The predicted octanol–water partition coefficient (Wildman–Crippen LogP) is 2.01. The monoisotopic (exact) mass is 300 g/mol. The highest BCUT2D eigenvalue weighted by molar-refractivity contribution is 7.89. The van der Waals surface area contributed by atoms with Crippen LogP contribution in [0.2, 0.25) is 0 Å². The third-order valence-electron chi connectivity index (χ3n) is 3.08. The first-order valence-corrected chi connectivity index (χ1v) is 8.40. The molecular formula is C14H24N2O3S. The lowest BCUT2D eigenvalue weighted by Crippen LogP contribution is -2.25. The normalized spacial score (nSPS) is 11.6. The molecule has 1 aromatic rings. The van der Waals surface area contributed by atoms with E-state index in [4.69, 9.17) is 10.5 Å². The van der Waals surface area contributed by atoms with Crippen LogP contribution in [-0.2, 0) is 16.6 Å². The molecule has 3 N–H and O–H groups in total. The highest BCUT2D eigenvalue weighted by Gasteiger charge is 2.18. The van der Waals surface area contributed by atoms with Crippen LogP contribution >= 0.6 is 0 Å². The molecule has 1 aromatic carbocycles. The molecule has 0 bridgehead atoms. The molecule has 0 aliphatic rings. The molecule has 0 unspecified atom stereocenters. The highest BCUT2D eigenvalue weighted by Crippen LogP contribution is 2.24. The second-order valence-corrected chi connectivity index (χ2v) is 6.38. The van der Waals surface area contributed by atoms with Gasteiger partial charge in [0.1, 0.15) is 10.6 Å². The Labute approximate surface area is 121 Å². The van der Waals surface area contributed by atoms with Gasteiger partial charge in [0, 0.05) is 13.1 Å². The van der Waals surface area contributed by atoms with Crippen molar-refractivity contribution in [2.75, 3.05) is 13.7 Å². The number of hydrogen-bond donors (Lipinski definition) is 2. The van der Waals surface area contributed by atoms with Gasteiger partial charge in [-0.25, -0.2) is 13.1 Å². The standard InChI is InChI=1S/C14H24N2O3S/c1-3-4-5-6-9-16-20(17,18)14-8-7-12(11-15)10-13(14)19-2/h7-8,10,16H,3-6,9,11,15H2,1-2H3. The molecule has 0 saturated heterocycles. The first-order chi connectivity index (χ1) is 9.55. The van der Waals surface area contributed by atoms with Gasteiger partial charge in [-0.15, -0.1) is 0 Å². The fraction of sp³-hybridized carbons (Fsp3) is 0.571. The molecule has 114 valence electrons. The molecule has 20 heavy (non-hydrogen) atoms. The van der Waals surface area contributed by atoms with Crippen molar-refractivity contribution < 1.29 is 13.2 Å². The number of hydrogen-bond acceptors (Lipinski definition) is 4. The predicted molar refractivity (Wildman–Crippen MR) is 80.2 cm³/mol. The number of ether oxygens (including phenoxy) is 1. The number of methoxy groups -OCH3 is 1. The van der Waals surface area contributed by atoms with Gasteiger partial charge in [-0.1, -0.05) is 32.3 Å². The van der Waals surface area contributed by atoms with Crippen molar-refractivity contribution in [3.05, 3.63) is 23.8 Å². The van der Waals surface area contributed by atoms with E-state index in [-0.39, 0.29) is 4.90 Å². The number of nitrogens with one attached hydrogen (secondary N) is 1. The molecule has 0 aliphatic heterocycles. The third-order valence-corrected chi connectivity index (χ3v) is 4.58. The van der Waals surface area contributed by atoms with Crippen LogP contribution in [0.15, 0.2) is 23.1 Å². The van der Waals surface area contributed by atoms with Gasteiger partial charge in [-0.3, -0.25) is 0 Å². The molecule has 0 saturated carbocycles. The summed E-state index contributed by atoms with van der Waals surface area (Å²) in [7, 11) is -2.08. The maximum atomic E-state index is 12.2. The van der Waals surface area contributed by atoms with Crippen molar-refractivity contribution in [1.29, 1.82) is 0 Å². The van der Waals surface area contributed by atoms with E-state index in [2.05, 4.69) is 11.6 Å². The van der Waals surface area contributed by atoms with Crippen LogP contribution in [0.3, 0.4) is 0 Å². The van der Waals surface area contributed by atoms with Crippen molar-refractivity contribution in [2.45, 2.75) is 44.0 Å². The molecule has 0 heterocycles. The van der Waals surface area contributed by atoms with Crippen molar-refractivity contribution in [2.24, 2.45) is 5.73 Å². The number of unbranched alkanes of at least 4 members (excludes halogenated alkanes) is 3. The average Bonchev–Trinajstić information content (AvgIpc) is 2.46. The number of sulfonamides is 1. The van der Waals surface area contributed by atoms with E-state index >= 15 is 0 Å². The zero-order chi connectivity index (χ0) is 15.0. The van der Waals surface area contributed by atoms with E-state index in [0.29, 0.717) is 18.8 Å². The van der Waals surface area contributed by atoms with Gasteiger partial charge < -0.3 is 10.5 Å². The van der Waals surface area contributed by atoms with E-state index in [1.807, 2.05) is 0 Å². The molecule has 0 aromatic heterocycles. The largest absolute Gasteiger partial charge is 0.495 e. The van der Waals surface area contributed by atoms with Crippen molar-refractivity contribution in [3.8, 4) is 5.75 Å². The Balaban J connectivity index is 2.76. The summed E-state index contributed by atoms with van der Waals surface area (Å²) in [5, 5.41) is 0. The second kappa shape index (κ2) is 8.24. The van der Waals surface area contributed by atoms with Gasteiger partial charge in [0.2, 0.25) is 10.0 Å². The summed E-state index contributed by atoms with van der Waals surface area (Å²) in [6.45, 7) is 2.92. The Kier molecular flexibility index (Phi) is 6.98. The van der Waals surface area contributed by atoms with Gasteiger partial charge in [-0.2, -0.15) is 0 Å². The first-order valence-electron chi connectivity index (χ1n) is 6.91. The van der Waals surface area contributed by atoms with E-state index in [9.17, 15) is 8.42 Å². The van der Waals surface area contributed by atoms with Crippen molar-refractivity contribution >= 4 is 10.0 Å². The van der Waals surface area contributed by atoms with Crippen LogP contribution in [0.4, 0.5) is 0 Å². The molecule has 1 rings (SSSR count). The van der Waals surface area contributed by atoms with Crippen molar-refractivity contribution in [3.63, 3.8) is 0 Å². The molecular weight excluding hydrogens is 276 g/mol. The average molecular weight is 300 g/mol. The molecule has 0 atom stereocenters. The fourth-order valence-corrected chi connectivity index (χ4v) is 3.12. The lowest BCUT2D eigenvalue weighted by molar-refractivity contribution is 0.401. The molecule has 0 radical (unpaired) electrons. The van der Waals surface area contributed by atoms with Crippen molar-refractivity contribution in [1.82, 2.24) is 4.72 Å². The van der Waals surface area contributed by atoms with Crippen LogP contribution in [0, 0.1) is 0 Å². The lowest BCUT2D eigenvalue weighted by Gasteiger charge is -2.11. The molecule has 5 nitrogen and oxygen atoms in total. The minimum Gasteiger partial charge on any atom is -0.495 e. The van der Waals surface area contributed by atoms with Crippen LogP contribution in [0.1, 0.15) is 38.2 Å². The summed E-state index contributed by atoms with van der Waals surface area (Å²) < 4.78 is 32.2. The molecule has 0 aliphatic carbocycles. The summed E-state index contributed by atoms with van der Waals surface area (Å²) in [6, 6.07) is 4.90. The van der Waals surface area contributed by atoms with E-state index in [1.54, 1.807) is 12.1 Å². The Morgan fingerprint density at radius 2 is 2.00 bits per heavy atom. The first kappa shape index (κ1) is 16.9. The molecule has 0 spiro atoms. The van der Waals surface area contributed by atoms with Crippen LogP contribution in [-0.4, -0.2) is 22.1 Å². The summed E-state index contributed by atoms with van der Waals surface area (Å²) >= 11 is 0. The van der Waals surface area contributed by atoms with Crippen LogP contribution in [0.25, 0.3) is 0 Å². The lowest BCUT2D eigenvalue weighted by atomic mass is 10.2. The Morgan fingerprint density at radius 3 is 2.60 bits per heavy atom. The molecule has 6 heteroatoms. The number of benzene rings is 1. The van der Waals surface area contributed by atoms with E-state index < -0.39 is 10.0 Å². The Morgan fingerprint density at radius 1 is 1.25 bits per heavy atom. The topological polar surface area (TPSA) is 81.4 Å². The van der Waals surface area contributed by atoms with Crippen LogP contribution in [0.5, 0.6) is 5.75 Å². The SMILES string of the molecule is CCCCCCNS(=O)(=O)c1ccc(CN)cc1OC. The van der Waals surface area contributed by atoms with Gasteiger partial charge in [0.05, 0.1) is 7.11 Å². The van der Waals surface area contributed by atoms with Gasteiger partial charge in [0.15, 0.2) is 0 Å². The molecule has 0 amide bonds. The minimum absolute atomic E-state index is 0.160. The summed E-state index contributed by atoms with van der Waals surface area (Å²) in [4.78, 5) is 0.160. The van der Waals surface area contributed by atoms with Gasteiger partial charge in [-0.05, 0) is 24.1 Å². The maximum Gasteiger partial charge on any atom is 0.244 e. The summed E-state index contributed by atoms with van der Waals surface area (Å²) in [5.74, 6) is 0.328. The Bertz CT molecular complexity index is 515. The number of nitrogens with two attached hydrogens (primary N) is 1. The zero-order valence-electron chi connectivity index (χ0n) is 12.2. The highest BCUT2D eigenvalue weighted by atomic mass is 32.2. The fourth-order valence-electron chi connectivity index (χ4n) is 1.90. The smallest absolute Gasteiger partial charge is 0.244 e. The van der Waals surface area contributed by atoms with Gasteiger partial charge >= 0.3 is 0 Å².